The number of hydrogen-bond acceptors (Lipinski definition) is 4. The number of rotatable bonds is 4. The van der Waals surface area contributed by atoms with Crippen molar-refractivity contribution in [2.45, 2.75) is 48.8 Å². The molecule has 0 saturated carbocycles. The van der Waals surface area contributed by atoms with E-state index in [1.165, 1.54) is 12.6 Å². The van der Waals surface area contributed by atoms with Crippen molar-refractivity contribution in [1.29, 1.82) is 0 Å². The topological polar surface area (TPSA) is 59.8 Å². The van der Waals surface area contributed by atoms with Gasteiger partial charge in [-0.3, -0.25) is 4.79 Å². The largest absolute Gasteiger partial charge is 0.451 e. The molecule has 0 radical (unpaired) electrons. The van der Waals surface area contributed by atoms with E-state index in [4.69, 9.17) is 0 Å². The van der Waals surface area contributed by atoms with E-state index in [0.717, 1.165) is 41.2 Å². The second-order valence-corrected chi connectivity index (χ2v) is 7.58. The van der Waals surface area contributed by atoms with Gasteiger partial charge in [0.05, 0.1) is 11.3 Å². The molecule has 2 unspecified atom stereocenters. The van der Waals surface area contributed by atoms with Gasteiger partial charge < -0.3 is 9.88 Å². The smallest absolute Gasteiger partial charge is 0.348 e. The zero-order valence-electron chi connectivity index (χ0n) is 14.4. The number of alkyl halides is 3. The number of nitrogens with zero attached hydrogens (tertiary/aromatic N) is 3. The van der Waals surface area contributed by atoms with Gasteiger partial charge in [-0.05, 0) is 37.3 Å². The Hall–Kier alpha value is -2.03. The molecule has 1 aliphatic rings. The zero-order valence-corrected chi connectivity index (χ0v) is 15.2. The van der Waals surface area contributed by atoms with Crippen LogP contribution in [0.25, 0.3) is 0 Å². The summed E-state index contributed by atoms with van der Waals surface area (Å²) in [5.74, 6) is -1.30. The van der Waals surface area contributed by atoms with Crippen molar-refractivity contribution in [3.63, 3.8) is 0 Å². The summed E-state index contributed by atoms with van der Waals surface area (Å²) in [5, 5.41) is 9.23. The third kappa shape index (κ3) is 3.87. The molecular weight excluding hydrogens is 365 g/mol. The molecular formula is C17H19F3N4OS. The maximum Gasteiger partial charge on any atom is 0.451 e. The molecule has 1 aliphatic carbocycles. The van der Waals surface area contributed by atoms with Crippen LogP contribution >= 0.6 is 11.8 Å². The first-order chi connectivity index (χ1) is 12.3. The van der Waals surface area contributed by atoms with Gasteiger partial charge in [-0.2, -0.15) is 13.2 Å². The van der Waals surface area contributed by atoms with Gasteiger partial charge in [0, 0.05) is 7.05 Å². The van der Waals surface area contributed by atoms with Crippen LogP contribution in [-0.2, 0) is 24.4 Å². The van der Waals surface area contributed by atoms with Gasteiger partial charge in [0.25, 0.3) is 0 Å². The summed E-state index contributed by atoms with van der Waals surface area (Å²) in [6, 6.07) is 7.92. The van der Waals surface area contributed by atoms with Gasteiger partial charge in [0.1, 0.15) is 0 Å². The Kier molecular flexibility index (Phi) is 5.27. The van der Waals surface area contributed by atoms with Crippen molar-refractivity contribution in [2.75, 3.05) is 0 Å². The standard InChI is InChI=1S/C17H19F3N4OS/c1-10(26-16-23-22-15(24(16)2)17(18,19)20)14(25)21-13-9-5-7-11-6-3-4-8-12(11)13/h3-4,6,8,10,13H,5,7,9H2,1-2H3,(H,21,25). The first-order valence-corrected chi connectivity index (χ1v) is 9.16. The van der Waals surface area contributed by atoms with Crippen LogP contribution in [0.1, 0.15) is 42.8 Å². The fraction of sp³-hybridized carbons (Fsp3) is 0.471. The minimum Gasteiger partial charge on any atom is -0.348 e. The highest BCUT2D eigenvalue weighted by molar-refractivity contribution is 8.00. The summed E-state index contributed by atoms with van der Waals surface area (Å²) in [5.41, 5.74) is 2.34. The fourth-order valence-electron chi connectivity index (χ4n) is 3.07. The summed E-state index contributed by atoms with van der Waals surface area (Å²) in [6.45, 7) is 1.65. The Bertz CT molecular complexity index is 806. The predicted octanol–water partition coefficient (Wildman–Crippen LogP) is 3.51. The fourth-order valence-corrected chi connectivity index (χ4v) is 3.89. The molecule has 0 aliphatic heterocycles. The molecule has 0 fully saturated rings. The van der Waals surface area contributed by atoms with Crippen LogP contribution in [0.2, 0.25) is 0 Å². The van der Waals surface area contributed by atoms with Crippen molar-refractivity contribution in [3.8, 4) is 0 Å². The molecule has 3 rings (SSSR count). The van der Waals surface area contributed by atoms with Crippen molar-refractivity contribution in [1.82, 2.24) is 20.1 Å². The predicted molar refractivity (Wildman–Crippen MR) is 91.6 cm³/mol. The van der Waals surface area contributed by atoms with E-state index in [1.54, 1.807) is 6.92 Å². The van der Waals surface area contributed by atoms with Crippen LogP contribution in [0.5, 0.6) is 0 Å². The number of fused-ring (bicyclic) bond motifs is 1. The van der Waals surface area contributed by atoms with Crippen molar-refractivity contribution in [3.05, 3.63) is 41.2 Å². The van der Waals surface area contributed by atoms with E-state index in [9.17, 15) is 18.0 Å². The third-order valence-electron chi connectivity index (χ3n) is 4.43. The van der Waals surface area contributed by atoms with Crippen molar-refractivity contribution < 1.29 is 18.0 Å². The number of carbonyl (C=O) groups excluding carboxylic acids is 1. The summed E-state index contributed by atoms with van der Waals surface area (Å²) < 4.78 is 39.3. The number of carbonyl (C=O) groups is 1. The molecule has 1 N–H and O–H groups in total. The molecule has 0 spiro atoms. The van der Waals surface area contributed by atoms with Gasteiger partial charge in [0.2, 0.25) is 11.7 Å². The SMILES string of the molecule is CC(Sc1nnc(C(F)(F)F)n1C)C(=O)NC1CCCc2ccccc21. The van der Waals surface area contributed by atoms with E-state index >= 15 is 0 Å². The van der Waals surface area contributed by atoms with Gasteiger partial charge in [-0.25, -0.2) is 0 Å². The molecule has 1 amide bonds. The Balaban J connectivity index is 1.67. The van der Waals surface area contributed by atoms with Gasteiger partial charge >= 0.3 is 6.18 Å². The second kappa shape index (κ2) is 7.30. The Morgan fingerprint density at radius 1 is 1.35 bits per heavy atom. The summed E-state index contributed by atoms with van der Waals surface area (Å²) in [6.07, 6.45) is -1.74. The molecule has 0 bridgehead atoms. The highest BCUT2D eigenvalue weighted by atomic mass is 32.2. The summed E-state index contributed by atoms with van der Waals surface area (Å²) in [4.78, 5) is 12.5. The van der Waals surface area contributed by atoms with Gasteiger partial charge in [-0.15, -0.1) is 10.2 Å². The molecule has 1 aromatic heterocycles. The quantitative estimate of drug-likeness (QED) is 0.820. The molecule has 5 nitrogen and oxygen atoms in total. The molecule has 1 aromatic carbocycles. The molecule has 2 atom stereocenters. The maximum absolute atomic E-state index is 12.8. The van der Waals surface area contributed by atoms with Gasteiger partial charge in [-0.1, -0.05) is 36.0 Å². The van der Waals surface area contributed by atoms with E-state index < -0.39 is 17.3 Å². The number of thioether (sulfide) groups is 1. The molecule has 1 heterocycles. The van der Waals surface area contributed by atoms with Gasteiger partial charge in [0.15, 0.2) is 5.16 Å². The minimum atomic E-state index is -4.57. The highest BCUT2D eigenvalue weighted by Crippen LogP contribution is 2.32. The number of halogens is 3. The monoisotopic (exact) mass is 384 g/mol. The first-order valence-electron chi connectivity index (χ1n) is 8.29. The average molecular weight is 384 g/mol. The normalized spacial score (nSPS) is 18.3. The summed E-state index contributed by atoms with van der Waals surface area (Å²) >= 11 is 0.962. The number of hydrogen-bond donors (Lipinski definition) is 1. The number of aryl methyl sites for hydroxylation is 1. The molecule has 26 heavy (non-hydrogen) atoms. The van der Waals surface area contributed by atoms with E-state index in [1.807, 2.05) is 18.2 Å². The van der Waals surface area contributed by atoms with E-state index in [2.05, 4.69) is 21.6 Å². The average Bonchev–Trinajstić information content (AvgIpc) is 2.96. The van der Waals surface area contributed by atoms with Crippen LogP contribution in [0.4, 0.5) is 13.2 Å². The minimum absolute atomic E-state index is 0.0593. The van der Waals surface area contributed by atoms with Crippen molar-refractivity contribution >= 4 is 17.7 Å². The summed E-state index contributed by atoms with van der Waals surface area (Å²) in [7, 11) is 1.24. The first kappa shape index (κ1) is 18.8. The molecule has 140 valence electrons. The number of benzene rings is 1. The Morgan fingerprint density at radius 3 is 2.77 bits per heavy atom. The lowest BCUT2D eigenvalue weighted by Gasteiger charge is -2.27. The van der Waals surface area contributed by atoms with Crippen LogP contribution in [0, 0.1) is 0 Å². The lowest BCUT2D eigenvalue weighted by molar-refractivity contribution is -0.147. The maximum atomic E-state index is 12.8. The molecule has 9 heteroatoms. The molecule has 0 saturated heterocycles. The van der Waals surface area contributed by atoms with E-state index in [0.29, 0.717) is 0 Å². The van der Waals surface area contributed by atoms with E-state index in [-0.39, 0.29) is 17.1 Å². The van der Waals surface area contributed by atoms with Crippen molar-refractivity contribution in [2.24, 2.45) is 7.05 Å². The zero-order chi connectivity index (χ0) is 18.9. The molecule has 2 aromatic rings. The van der Waals surface area contributed by atoms with Crippen LogP contribution < -0.4 is 5.32 Å². The Labute approximate surface area is 153 Å². The number of nitrogens with one attached hydrogen (secondary N) is 1. The lowest BCUT2D eigenvalue weighted by atomic mass is 9.88. The third-order valence-corrected chi connectivity index (χ3v) is 5.56. The van der Waals surface area contributed by atoms with Crippen LogP contribution in [-0.4, -0.2) is 25.9 Å². The highest BCUT2D eigenvalue weighted by Gasteiger charge is 2.38. The lowest BCUT2D eigenvalue weighted by Crippen LogP contribution is -2.36. The number of amides is 1. The van der Waals surface area contributed by atoms with Crippen LogP contribution in [0.15, 0.2) is 29.4 Å². The Morgan fingerprint density at radius 2 is 2.08 bits per heavy atom. The second-order valence-electron chi connectivity index (χ2n) is 6.28. The number of aromatic nitrogens is 3. The van der Waals surface area contributed by atoms with Crippen LogP contribution in [0.3, 0.4) is 0 Å².